The largest absolute Gasteiger partial charge is 0.349 e. The van der Waals surface area contributed by atoms with Crippen molar-refractivity contribution in [2.24, 2.45) is 0 Å². The van der Waals surface area contributed by atoms with Crippen molar-refractivity contribution in [3.63, 3.8) is 0 Å². The van der Waals surface area contributed by atoms with Crippen LogP contribution in [-0.4, -0.2) is 19.3 Å². The molecule has 6 nitrogen and oxygen atoms in total. The molecule has 4 rings (SSSR count). The Morgan fingerprint density at radius 1 is 0.889 bits per heavy atom. The number of carbonyl (C=O) groups excluding carboxylic acids is 1. The highest BCUT2D eigenvalue weighted by atomic mass is 35.5. The highest BCUT2D eigenvalue weighted by Crippen LogP contribution is 2.31. The molecule has 0 spiro atoms. The number of carbonyl (C=O) groups is 1. The number of anilines is 1. The van der Waals surface area contributed by atoms with Crippen molar-refractivity contribution < 1.29 is 13.2 Å². The van der Waals surface area contributed by atoms with Gasteiger partial charge in [-0.2, -0.15) is 0 Å². The molecule has 0 saturated heterocycles. The highest BCUT2D eigenvalue weighted by molar-refractivity contribution is 7.93. The van der Waals surface area contributed by atoms with Crippen LogP contribution in [0.25, 0.3) is 21.7 Å². The smallest absolute Gasteiger partial charge is 0.283 e. The fourth-order valence-electron chi connectivity index (χ4n) is 3.11. The maximum Gasteiger partial charge on any atom is 0.283 e. The molecule has 1 amide bonds. The molecule has 0 bridgehead atoms. The number of benzene rings is 3. The third kappa shape index (κ3) is 3.01. The lowest BCUT2D eigenvalue weighted by Gasteiger charge is -2.11. The second kappa shape index (κ2) is 6.61. The molecule has 3 N–H and O–H groups in total. The van der Waals surface area contributed by atoms with Crippen molar-refractivity contribution in [1.29, 1.82) is 0 Å². The summed E-state index contributed by atoms with van der Waals surface area (Å²) in [6.45, 7) is 0. The van der Waals surface area contributed by atoms with Crippen LogP contribution in [0.3, 0.4) is 0 Å². The van der Waals surface area contributed by atoms with Crippen molar-refractivity contribution in [2.75, 3.05) is 4.72 Å². The molecule has 0 aliphatic carbocycles. The molecule has 0 aliphatic rings. The molecule has 3 aromatic carbocycles. The SMILES string of the molecule is O=C(NCl)c1[nH]c2ccccc2c1S(=O)(=O)Nc1cccc2ccccc12. The van der Waals surface area contributed by atoms with Gasteiger partial charge < -0.3 is 4.98 Å². The van der Waals surface area contributed by atoms with E-state index >= 15 is 0 Å². The lowest BCUT2D eigenvalue weighted by atomic mass is 10.1. The van der Waals surface area contributed by atoms with E-state index in [9.17, 15) is 13.2 Å². The fraction of sp³-hybridized carbons (Fsp3) is 0. The Kier molecular flexibility index (Phi) is 4.25. The first-order chi connectivity index (χ1) is 13.0. The number of H-pyrrole nitrogens is 1. The van der Waals surface area contributed by atoms with Gasteiger partial charge in [-0.05, 0) is 17.5 Å². The zero-order chi connectivity index (χ0) is 19.0. The number of halogens is 1. The normalized spacial score (nSPS) is 11.6. The van der Waals surface area contributed by atoms with Crippen molar-refractivity contribution in [3.05, 3.63) is 72.4 Å². The monoisotopic (exact) mass is 399 g/mol. The summed E-state index contributed by atoms with van der Waals surface area (Å²) >= 11 is 5.44. The number of sulfonamides is 1. The minimum absolute atomic E-state index is 0.126. The van der Waals surface area contributed by atoms with Gasteiger partial charge in [0.2, 0.25) is 0 Å². The highest BCUT2D eigenvalue weighted by Gasteiger charge is 2.28. The molecule has 0 fully saturated rings. The van der Waals surface area contributed by atoms with Gasteiger partial charge in [-0.3, -0.25) is 14.4 Å². The van der Waals surface area contributed by atoms with Crippen LogP contribution in [0.1, 0.15) is 10.5 Å². The van der Waals surface area contributed by atoms with Crippen LogP contribution in [0.2, 0.25) is 0 Å². The Morgan fingerprint density at radius 2 is 1.56 bits per heavy atom. The molecule has 136 valence electrons. The van der Waals surface area contributed by atoms with E-state index in [-0.39, 0.29) is 10.6 Å². The van der Waals surface area contributed by atoms with Crippen molar-refractivity contribution in [1.82, 2.24) is 9.82 Å². The number of hydrogen-bond acceptors (Lipinski definition) is 3. The van der Waals surface area contributed by atoms with E-state index in [4.69, 9.17) is 11.8 Å². The Bertz CT molecular complexity index is 1280. The number of fused-ring (bicyclic) bond motifs is 2. The van der Waals surface area contributed by atoms with Gasteiger partial charge in [0.1, 0.15) is 10.6 Å². The lowest BCUT2D eigenvalue weighted by Crippen LogP contribution is -2.20. The van der Waals surface area contributed by atoms with Gasteiger partial charge in [0, 0.05) is 28.1 Å². The Hall–Kier alpha value is -3.03. The van der Waals surface area contributed by atoms with Gasteiger partial charge in [-0.15, -0.1) is 0 Å². The predicted octanol–water partition coefficient (Wildman–Crippen LogP) is 4.01. The van der Waals surface area contributed by atoms with Gasteiger partial charge in [-0.1, -0.05) is 54.6 Å². The van der Waals surface area contributed by atoms with Gasteiger partial charge in [-0.25, -0.2) is 8.42 Å². The molecule has 0 radical (unpaired) electrons. The summed E-state index contributed by atoms with van der Waals surface area (Å²) in [5, 5.41) is 2.06. The van der Waals surface area contributed by atoms with Crippen molar-refractivity contribution in [3.8, 4) is 0 Å². The number of rotatable bonds is 4. The summed E-state index contributed by atoms with van der Waals surface area (Å²) in [7, 11) is -4.07. The average molecular weight is 400 g/mol. The predicted molar refractivity (Wildman–Crippen MR) is 106 cm³/mol. The summed E-state index contributed by atoms with van der Waals surface area (Å²) in [4.78, 5) is 16.8. The lowest BCUT2D eigenvalue weighted by molar-refractivity contribution is 0.0974. The second-order valence-electron chi connectivity index (χ2n) is 5.93. The maximum absolute atomic E-state index is 13.2. The van der Waals surface area contributed by atoms with Gasteiger partial charge in [0.15, 0.2) is 0 Å². The first kappa shape index (κ1) is 17.4. The second-order valence-corrected chi connectivity index (χ2v) is 7.74. The number of amides is 1. The van der Waals surface area contributed by atoms with Crippen LogP contribution in [0.15, 0.2) is 71.6 Å². The molecule has 0 atom stereocenters. The summed E-state index contributed by atoms with van der Waals surface area (Å²) < 4.78 is 29.0. The minimum Gasteiger partial charge on any atom is -0.349 e. The topological polar surface area (TPSA) is 91.1 Å². The molecule has 1 aromatic heterocycles. The van der Waals surface area contributed by atoms with Crippen LogP contribution in [0.5, 0.6) is 0 Å². The summed E-state index contributed by atoms with van der Waals surface area (Å²) in [6.07, 6.45) is 0. The molecule has 0 saturated carbocycles. The van der Waals surface area contributed by atoms with E-state index in [1.807, 2.05) is 35.2 Å². The molecule has 4 aromatic rings. The van der Waals surface area contributed by atoms with Crippen LogP contribution < -0.4 is 9.56 Å². The molecule has 8 heteroatoms. The minimum atomic E-state index is -4.07. The maximum atomic E-state index is 13.2. The van der Waals surface area contributed by atoms with E-state index in [1.165, 1.54) is 0 Å². The van der Waals surface area contributed by atoms with E-state index in [2.05, 4.69) is 9.71 Å². The number of hydrogen-bond donors (Lipinski definition) is 3. The Labute approximate surface area is 160 Å². The third-order valence-corrected chi connectivity index (χ3v) is 5.90. The molecule has 1 heterocycles. The van der Waals surface area contributed by atoms with Crippen molar-refractivity contribution in [2.45, 2.75) is 4.90 Å². The van der Waals surface area contributed by atoms with E-state index in [1.54, 1.807) is 36.4 Å². The zero-order valence-electron chi connectivity index (χ0n) is 13.9. The number of aromatic nitrogens is 1. The third-order valence-electron chi connectivity index (χ3n) is 4.27. The standard InChI is InChI=1S/C19H14ClN3O3S/c20-22-19(24)17-18(14-9-3-4-10-15(14)21-17)27(25,26)23-16-11-5-7-12-6-1-2-8-13(12)16/h1-11,21,23H,(H,22,24). The molecule has 0 unspecified atom stereocenters. The van der Waals surface area contributed by atoms with Crippen LogP contribution in [0.4, 0.5) is 5.69 Å². The summed E-state index contributed by atoms with van der Waals surface area (Å²) in [5.41, 5.74) is 0.820. The number of para-hydroxylation sites is 1. The quantitative estimate of drug-likeness (QED) is 0.453. The van der Waals surface area contributed by atoms with Crippen molar-refractivity contribution >= 4 is 55.1 Å². The Morgan fingerprint density at radius 3 is 2.33 bits per heavy atom. The van der Waals surface area contributed by atoms with E-state index in [0.717, 1.165) is 10.8 Å². The summed E-state index contributed by atoms with van der Waals surface area (Å²) in [5.74, 6) is -0.730. The van der Waals surface area contributed by atoms with Gasteiger partial charge >= 0.3 is 0 Å². The van der Waals surface area contributed by atoms with Gasteiger partial charge in [0.25, 0.3) is 15.9 Å². The molecule has 27 heavy (non-hydrogen) atoms. The first-order valence-corrected chi connectivity index (χ1v) is 9.89. The van der Waals surface area contributed by atoms with Crippen LogP contribution in [0, 0.1) is 0 Å². The Balaban J connectivity index is 1.91. The van der Waals surface area contributed by atoms with Crippen LogP contribution in [-0.2, 0) is 10.0 Å². The van der Waals surface area contributed by atoms with E-state index in [0.29, 0.717) is 16.6 Å². The fourth-order valence-corrected chi connectivity index (χ4v) is 4.66. The van der Waals surface area contributed by atoms with E-state index < -0.39 is 15.9 Å². The van der Waals surface area contributed by atoms with Crippen LogP contribution >= 0.6 is 11.8 Å². The number of aromatic amines is 1. The summed E-state index contributed by atoms with van der Waals surface area (Å²) in [6, 6.07) is 19.5. The zero-order valence-corrected chi connectivity index (χ0v) is 15.4. The molecule has 0 aliphatic heterocycles. The molecular weight excluding hydrogens is 386 g/mol. The average Bonchev–Trinajstić information content (AvgIpc) is 3.08. The first-order valence-electron chi connectivity index (χ1n) is 8.03. The molecular formula is C19H14ClN3O3S. The van der Waals surface area contributed by atoms with Gasteiger partial charge in [0.05, 0.1) is 5.69 Å². The number of nitrogens with one attached hydrogen (secondary N) is 3.